The summed E-state index contributed by atoms with van der Waals surface area (Å²) in [5.74, 6) is -0.799. The van der Waals surface area contributed by atoms with Crippen LogP contribution in [0, 0.1) is 0 Å². The Kier molecular flexibility index (Phi) is 4.64. The highest BCUT2D eigenvalue weighted by molar-refractivity contribution is 7.15. The van der Waals surface area contributed by atoms with Crippen LogP contribution in [0.2, 0.25) is 0 Å². The Morgan fingerprint density at radius 2 is 1.92 bits per heavy atom. The molecule has 3 rings (SSSR count). The molecule has 1 aliphatic rings. The average Bonchev–Trinajstić information content (AvgIpc) is 3.16. The number of benzene rings is 1. The zero-order chi connectivity index (χ0) is 17.3. The summed E-state index contributed by atoms with van der Waals surface area (Å²) >= 11 is 1.48. The summed E-state index contributed by atoms with van der Waals surface area (Å²) in [6.45, 7) is 1.31. The second-order valence-electron chi connectivity index (χ2n) is 5.81. The number of hydrogen-bond acceptors (Lipinski definition) is 3. The van der Waals surface area contributed by atoms with Gasteiger partial charge in [-0.05, 0) is 49.2 Å². The predicted octanol–water partition coefficient (Wildman–Crippen LogP) is 4.48. The molecule has 24 heavy (non-hydrogen) atoms. The number of thiophene rings is 1. The molecule has 1 unspecified atom stereocenters. The molecule has 3 nitrogen and oxygen atoms in total. The van der Waals surface area contributed by atoms with Gasteiger partial charge in [0.15, 0.2) is 0 Å². The average molecular weight is 355 g/mol. The maximum Gasteiger partial charge on any atom is 0.416 e. The zero-order valence-corrected chi connectivity index (χ0v) is 13.5. The molecule has 2 aromatic rings. The number of alkyl halides is 3. The van der Waals surface area contributed by atoms with Gasteiger partial charge >= 0.3 is 12.1 Å². The largest absolute Gasteiger partial charge is 0.480 e. The van der Waals surface area contributed by atoms with Gasteiger partial charge in [-0.1, -0.05) is 12.1 Å². The number of halogens is 3. The van der Waals surface area contributed by atoms with E-state index in [9.17, 15) is 23.1 Å². The van der Waals surface area contributed by atoms with E-state index in [1.165, 1.54) is 23.5 Å². The number of rotatable bonds is 4. The molecule has 2 heterocycles. The number of carbonyl (C=O) groups is 1. The summed E-state index contributed by atoms with van der Waals surface area (Å²) in [7, 11) is 0. The van der Waals surface area contributed by atoms with E-state index < -0.39 is 23.8 Å². The smallest absolute Gasteiger partial charge is 0.416 e. The van der Waals surface area contributed by atoms with Crippen molar-refractivity contribution in [2.75, 3.05) is 6.54 Å². The third kappa shape index (κ3) is 3.62. The molecule has 1 saturated heterocycles. The first-order valence-electron chi connectivity index (χ1n) is 7.58. The highest BCUT2D eigenvalue weighted by atomic mass is 32.1. The number of hydrogen-bond donors (Lipinski definition) is 1. The highest BCUT2D eigenvalue weighted by Crippen LogP contribution is 2.34. The lowest BCUT2D eigenvalue weighted by atomic mass is 10.1. The fourth-order valence-corrected chi connectivity index (χ4v) is 3.98. The molecule has 1 aromatic carbocycles. The second kappa shape index (κ2) is 6.57. The molecule has 0 radical (unpaired) electrons. The van der Waals surface area contributed by atoms with Crippen LogP contribution in [-0.2, 0) is 17.5 Å². The van der Waals surface area contributed by atoms with Crippen LogP contribution in [0.1, 0.15) is 23.3 Å². The molecule has 0 aliphatic carbocycles. The van der Waals surface area contributed by atoms with E-state index in [-0.39, 0.29) is 0 Å². The maximum atomic E-state index is 12.6. The van der Waals surface area contributed by atoms with Gasteiger partial charge in [-0.25, -0.2) is 0 Å². The van der Waals surface area contributed by atoms with Gasteiger partial charge in [0.1, 0.15) is 6.04 Å². The van der Waals surface area contributed by atoms with Gasteiger partial charge in [0.2, 0.25) is 0 Å². The first-order chi connectivity index (χ1) is 11.3. The van der Waals surface area contributed by atoms with Crippen molar-refractivity contribution in [3.8, 4) is 10.4 Å². The lowest BCUT2D eigenvalue weighted by molar-refractivity contribution is -0.142. The Balaban J connectivity index is 1.72. The first kappa shape index (κ1) is 17.0. The van der Waals surface area contributed by atoms with Gasteiger partial charge in [0.05, 0.1) is 5.56 Å². The van der Waals surface area contributed by atoms with E-state index >= 15 is 0 Å². The summed E-state index contributed by atoms with van der Waals surface area (Å²) < 4.78 is 37.8. The molecule has 1 fully saturated rings. The van der Waals surface area contributed by atoms with E-state index in [4.69, 9.17) is 0 Å². The standard InChI is InChI=1S/C17H16F3NO2S/c18-17(19,20)12-5-3-11(4-6-12)15-8-7-13(24-15)10-21-9-1-2-14(21)16(22)23/h3-8,14H,1-2,9-10H2,(H,22,23). The van der Waals surface area contributed by atoms with Crippen LogP contribution >= 0.6 is 11.3 Å². The van der Waals surface area contributed by atoms with E-state index in [0.717, 1.165) is 40.4 Å². The fraction of sp³-hybridized carbons (Fsp3) is 0.353. The zero-order valence-electron chi connectivity index (χ0n) is 12.7. The van der Waals surface area contributed by atoms with E-state index in [1.54, 1.807) is 0 Å². The molecule has 128 valence electrons. The molecular formula is C17H16F3NO2S. The van der Waals surface area contributed by atoms with Crippen LogP contribution in [0.25, 0.3) is 10.4 Å². The van der Waals surface area contributed by atoms with Crippen molar-refractivity contribution in [3.05, 3.63) is 46.8 Å². The van der Waals surface area contributed by atoms with Gasteiger partial charge < -0.3 is 5.11 Å². The Morgan fingerprint density at radius 1 is 1.21 bits per heavy atom. The van der Waals surface area contributed by atoms with Crippen LogP contribution in [-0.4, -0.2) is 28.6 Å². The van der Waals surface area contributed by atoms with Crippen LogP contribution in [0.3, 0.4) is 0 Å². The lowest BCUT2D eigenvalue weighted by Crippen LogP contribution is -2.35. The molecule has 1 atom stereocenters. The minimum Gasteiger partial charge on any atom is -0.480 e. The summed E-state index contributed by atoms with van der Waals surface area (Å²) in [5.41, 5.74) is 0.0693. The second-order valence-corrected chi connectivity index (χ2v) is 6.98. The molecule has 7 heteroatoms. The minimum absolute atomic E-state index is 0.443. The van der Waals surface area contributed by atoms with Crippen LogP contribution in [0.4, 0.5) is 13.2 Å². The first-order valence-corrected chi connectivity index (χ1v) is 8.39. The fourth-order valence-electron chi connectivity index (χ4n) is 2.94. The van der Waals surface area contributed by atoms with Crippen molar-refractivity contribution in [1.82, 2.24) is 4.90 Å². The molecular weight excluding hydrogens is 339 g/mol. The lowest BCUT2D eigenvalue weighted by Gasteiger charge is -2.19. The van der Waals surface area contributed by atoms with E-state index in [1.807, 2.05) is 17.0 Å². The SMILES string of the molecule is O=C(O)C1CCCN1Cc1ccc(-c2ccc(C(F)(F)F)cc2)s1. The molecule has 0 saturated carbocycles. The van der Waals surface area contributed by atoms with Gasteiger partial charge in [-0.3, -0.25) is 9.69 Å². The Bertz CT molecular complexity index is 724. The maximum absolute atomic E-state index is 12.6. The predicted molar refractivity (Wildman–Crippen MR) is 85.8 cm³/mol. The van der Waals surface area contributed by atoms with Crippen LogP contribution < -0.4 is 0 Å². The topological polar surface area (TPSA) is 40.5 Å². The molecule has 1 aliphatic heterocycles. The van der Waals surface area contributed by atoms with Gasteiger partial charge in [0, 0.05) is 16.3 Å². The third-order valence-electron chi connectivity index (χ3n) is 4.17. The quantitative estimate of drug-likeness (QED) is 0.879. The number of likely N-dealkylation sites (tertiary alicyclic amines) is 1. The number of carboxylic acids is 1. The van der Waals surface area contributed by atoms with Crippen molar-refractivity contribution in [1.29, 1.82) is 0 Å². The van der Waals surface area contributed by atoms with E-state index in [2.05, 4.69) is 0 Å². The summed E-state index contributed by atoms with van der Waals surface area (Å²) in [5, 5.41) is 9.21. The molecule has 0 spiro atoms. The van der Waals surface area contributed by atoms with Crippen molar-refractivity contribution in [3.63, 3.8) is 0 Å². The van der Waals surface area contributed by atoms with Crippen molar-refractivity contribution < 1.29 is 23.1 Å². The number of nitrogens with zero attached hydrogens (tertiary/aromatic N) is 1. The van der Waals surface area contributed by atoms with Crippen LogP contribution in [0.15, 0.2) is 36.4 Å². The highest BCUT2D eigenvalue weighted by Gasteiger charge is 2.31. The van der Waals surface area contributed by atoms with Crippen molar-refractivity contribution in [2.24, 2.45) is 0 Å². The normalized spacial score (nSPS) is 18.9. The molecule has 1 aromatic heterocycles. The Morgan fingerprint density at radius 3 is 2.54 bits per heavy atom. The molecule has 0 bridgehead atoms. The van der Waals surface area contributed by atoms with Crippen molar-refractivity contribution >= 4 is 17.3 Å². The Hall–Kier alpha value is -1.86. The summed E-state index contributed by atoms with van der Waals surface area (Å²) in [6.07, 6.45) is -2.80. The number of carboxylic acid groups (broad SMARTS) is 1. The van der Waals surface area contributed by atoms with Gasteiger partial charge in [-0.15, -0.1) is 11.3 Å². The Labute approximate surface area is 141 Å². The van der Waals surface area contributed by atoms with Crippen molar-refractivity contribution in [2.45, 2.75) is 31.6 Å². The van der Waals surface area contributed by atoms with Gasteiger partial charge in [0.25, 0.3) is 0 Å². The summed E-state index contributed by atoms with van der Waals surface area (Å²) in [6, 6.07) is 8.43. The third-order valence-corrected chi connectivity index (χ3v) is 5.29. The monoisotopic (exact) mass is 355 g/mol. The number of aliphatic carboxylic acids is 1. The van der Waals surface area contributed by atoms with Gasteiger partial charge in [-0.2, -0.15) is 13.2 Å². The van der Waals surface area contributed by atoms with E-state index in [0.29, 0.717) is 13.0 Å². The minimum atomic E-state index is -4.33. The molecule has 0 amide bonds. The summed E-state index contributed by atoms with van der Waals surface area (Å²) in [4.78, 5) is 15.0. The molecule has 1 N–H and O–H groups in total. The van der Waals surface area contributed by atoms with Crippen LogP contribution in [0.5, 0.6) is 0 Å².